The first-order valence-electron chi connectivity index (χ1n) is 6.03. The first-order chi connectivity index (χ1) is 8.83. The predicted molar refractivity (Wildman–Crippen MR) is 74.8 cm³/mol. The largest absolute Gasteiger partial charge is 1.00 e. The molecule has 2 nitrogen and oxygen atoms in total. The monoisotopic (exact) mass is 362 g/mol. The average Bonchev–Trinajstić information content (AvgIpc) is 2.40. The molecule has 0 fully saturated rings. The van der Waals surface area contributed by atoms with E-state index in [-0.39, 0.29) is 24.0 Å². The van der Waals surface area contributed by atoms with Crippen LogP contribution in [0, 0.1) is 0 Å². The zero-order valence-electron chi connectivity index (χ0n) is 10.7. The van der Waals surface area contributed by atoms with Crippen molar-refractivity contribution in [1.29, 1.82) is 0 Å². The molecule has 0 amide bonds. The number of fused-ring (bicyclic) bond motifs is 1. The number of halogens is 1. The molecule has 2 aromatic carbocycles. The summed E-state index contributed by atoms with van der Waals surface area (Å²) < 4.78 is 2.14. The molecule has 3 rings (SSSR count). The summed E-state index contributed by atoms with van der Waals surface area (Å²) in [5.74, 6) is 0. The first kappa shape index (κ1) is 13.8. The molecule has 0 bridgehead atoms. The molecule has 3 aromatic rings. The van der Waals surface area contributed by atoms with Gasteiger partial charge in [0.1, 0.15) is 12.7 Å². The van der Waals surface area contributed by atoms with E-state index in [9.17, 15) is 0 Å². The highest BCUT2D eigenvalue weighted by atomic mass is 127. The molecule has 1 heterocycles. The van der Waals surface area contributed by atoms with Crippen LogP contribution in [0.1, 0.15) is 0 Å². The van der Waals surface area contributed by atoms with Crippen LogP contribution in [0.4, 0.5) is 11.4 Å². The highest BCUT2D eigenvalue weighted by molar-refractivity contribution is 5.79. The van der Waals surface area contributed by atoms with Crippen LogP contribution in [0.3, 0.4) is 0 Å². The van der Waals surface area contributed by atoms with Crippen LogP contribution in [0.15, 0.2) is 66.9 Å². The summed E-state index contributed by atoms with van der Waals surface area (Å²) in [4.78, 5) is 0. The van der Waals surface area contributed by atoms with Gasteiger partial charge in [-0.1, -0.05) is 30.3 Å². The third kappa shape index (κ3) is 3.04. The molecule has 0 aliphatic heterocycles. The lowest BCUT2D eigenvalue weighted by Gasteiger charge is -2.06. The van der Waals surface area contributed by atoms with Crippen molar-refractivity contribution in [2.45, 2.75) is 0 Å². The number of hydrogen-bond acceptors (Lipinski definition) is 1. The Morgan fingerprint density at radius 1 is 0.842 bits per heavy atom. The standard InChI is InChI=1S/C16H15N2.HI/c1-18-12-15(17-14-8-3-2-4-9-14)11-13-7-5-6-10-16(13)18;/h2-12,17H,1H3;1H/q+1;/p-1. The smallest absolute Gasteiger partial charge is 0.212 e. The van der Waals surface area contributed by atoms with Crippen LogP contribution in [0.5, 0.6) is 0 Å². The Morgan fingerprint density at radius 2 is 1.53 bits per heavy atom. The van der Waals surface area contributed by atoms with Crippen LogP contribution in [0.2, 0.25) is 0 Å². The molecule has 0 spiro atoms. The van der Waals surface area contributed by atoms with Crippen LogP contribution < -0.4 is 33.9 Å². The second-order valence-electron chi connectivity index (χ2n) is 4.39. The molecule has 0 atom stereocenters. The molecule has 3 heteroatoms. The molecule has 0 saturated heterocycles. The molecular formula is C16H15IN2. The molecule has 96 valence electrons. The quantitative estimate of drug-likeness (QED) is 0.516. The van der Waals surface area contributed by atoms with Crippen molar-refractivity contribution in [3.8, 4) is 0 Å². The SMILES string of the molecule is C[n+]1cc(Nc2ccccc2)cc2ccccc21.[I-]. The number of aromatic nitrogens is 1. The maximum atomic E-state index is 3.42. The van der Waals surface area contributed by atoms with Gasteiger partial charge >= 0.3 is 0 Å². The van der Waals surface area contributed by atoms with Crippen molar-refractivity contribution in [3.05, 3.63) is 66.9 Å². The van der Waals surface area contributed by atoms with Crippen LogP contribution >= 0.6 is 0 Å². The summed E-state index contributed by atoms with van der Waals surface area (Å²) in [5, 5.41) is 4.65. The van der Waals surface area contributed by atoms with Crippen molar-refractivity contribution in [3.63, 3.8) is 0 Å². The number of aryl methyl sites for hydroxylation is 1. The van der Waals surface area contributed by atoms with E-state index in [4.69, 9.17) is 0 Å². The van der Waals surface area contributed by atoms with Gasteiger partial charge < -0.3 is 29.3 Å². The lowest BCUT2D eigenvalue weighted by molar-refractivity contribution is -0.644. The highest BCUT2D eigenvalue weighted by Gasteiger charge is 2.06. The molecule has 0 saturated carbocycles. The van der Waals surface area contributed by atoms with Gasteiger partial charge in [0.15, 0.2) is 6.20 Å². The van der Waals surface area contributed by atoms with Gasteiger partial charge in [-0.3, -0.25) is 0 Å². The van der Waals surface area contributed by atoms with Crippen molar-refractivity contribution < 1.29 is 28.5 Å². The van der Waals surface area contributed by atoms with Gasteiger partial charge in [0, 0.05) is 17.1 Å². The molecule has 19 heavy (non-hydrogen) atoms. The maximum absolute atomic E-state index is 3.42. The number of rotatable bonds is 2. The van der Waals surface area contributed by atoms with Crippen molar-refractivity contribution >= 4 is 22.3 Å². The number of nitrogens with one attached hydrogen (secondary N) is 1. The fraction of sp³-hybridized carbons (Fsp3) is 0.0625. The van der Waals surface area contributed by atoms with Crippen molar-refractivity contribution in [1.82, 2.24) is 0 Å². The van der Waals surface area contributed by atoms with Gasteiger partial charge in [0.2, 0.25) is 5.52 Å². The summed E-state index contributed by atoms with van der Waals surface area (Å²) in [6, 6.07) is 20.8. The highest BCUT2D eigenvalue weighted by Crippen LogP contribution is 2.18. The average molecular weight is 362 g/mol. The molecule has 0 aliphatic carbocycles. The van der Waals surface area contributed by atoms with E-state index in [0.29, 0.717) is 0 Å². The topological polar surface area (TPSA) is 15.9 Å². The minimum absolute atomic E-state index is 0. The minimum atomic E-state index is 0. The van der Waals surface area contributed by atoms with Gasteiger partial charge in [-0.25, -0.2) is 0 Å². The first-order valence-corrected chi connectivity index (χ1v) is 6.03. The lowest BCUT2D eigenvalue weighted by atomic mass is 10.2. The second-order valence-corrected chi connectivity index (χ2v) is 4.39. The summed E-state index contributed by atoms with van der Waals surface area (Å²) in [6.45, 7) is 0. The van der Waals surface area contributed by atoms with E-state index in [1.807, 2.05) is 18.2 Å². The Morgan fingerprint density at radius 3 is 2.32 bits per heavy atom. The normalized spacial score (nSPS) is 9.95. The maximum Gasteiger partial charge on any atom is 0.212 e. The van der Waals surface area contributed by atoms with Gasteiger partial charge in [-0.15, -0.1) is 0 Å². The third-order valence-corrected chi connectivity index (χ3v) is 3.02. The van der Waals surface area contributed by atoms with Crippen molar-refractivity contribution in [2.24, 2.45) is 7.05 Å². The fourth-order valence-corrected chi connectivity index (χ4v) is 2.17. The van der Waals surface area contributed by atoms with E-state index < -0.39 is 0 Å². The number of para-hydroxylation sites is 2. The number of anilines is 2. The fourth-order valence-electron chi connectivity index (χ4n) is 2.17. The number of benzene rings is 2. The number of hydrogen-bond donors (Lipinski definition) is 1. The van der Waals surface area contributed by atoms with E-state index in [1.54, 1.807) is 0 Å². The van der Waals surface area contributed by atoms with E-state index in [0.717, 1.165) is 11.4 Å². The summed E-state index contributed by atoms with van der Waals surface area (Å²) >= 11 is 0. The predicted octanol–water partition coefficient (Wildman–Crippen LogP) is 0.412. The van der Waals surface area contributed by atoms with Gasteiger partial charge in [-0.2, -0.15) is 4.57 Å². The van der Waals surface area contributed by atoms with Crippen molar-refractivity contribution in [2.75, 3.05) is 5.32 Å². The summed E-state index contributed by atoms with van der Waals surface area (Å²) in [6.07, 6.45) is 2.11. The summed E-state index contributed by atoms with van der Waals surface area (Å²) in [5.41, 5.74) is 3.44. The Bertz CT molecular complexity index is 681. The molecule has 0 radical (unpaired) electrons. The molecule has 1 aromatic heterocycles. The lowest BCUT2D eigenvalue weighted by Crippen LogP contribution is -3.00. The van der Waals surface area contributed by atoms with E-state index in [1.165, 1.54) is 10.9 Å². The molecule has 0 unspecified atom stereocenters. The Kier molecular flexibility index (Phi) is 4.37. The molecule has 0 aliphatic rings. The zero-order valence-corrected chi connectivity index (χ0v) is 12.8. The minimum Gasteiger partial charge on any atom is -1.00 e. The second kappa shape index (κ2) is 6.02. The number of nitrogens with zero attached hydrogens (tertiary/aromatic N) is 1. The van der Waals surface area contributed by atoms with Crippen LogP contribution in [0.25, 0.3) is 10.9 Å². The van der Waals surface area contributed by atoms with Gasteiger partial charge in [0.05, 0.1) is 0 Å². The number of pyridine rings is 1. The summed E-state index contributed by atoms with van der Waals surface area (Å²) in [7, 11) is 2.07. The van der Waals surface area contributed by atoms with Crippen LogP contribution in [-0.4, -0.2) is 0 Å². The third-order valence-electron chi connectivity index (χ3n) is 3.02. The molecular weight excluding hydrogens is 347 g/mol. The Labute approximate surface area is 130 Å². The Balaban J connectivity index is 0.00000133. The van der Waals surface area contributed by atoms with Gasteiger partial charge in [-0.05, 0) is 24.3 Å². The zero-order chi connectivity index (χ0) is 12.4. The van der Waals surface area contributed by atoms with Crippen LogP contribution in [-0.2, 0) is 7.05 Å². The van der Waals surface area contributed by atoms with E-state index in [2.05, 4.69) is 65.6 Å². The Hall–Kier alpha value is -1.62. The van der Waals surface area contributed by atoms with Gasteiger partial charge in [0.25, 0.3) is 0 Å². The van der Waals surface area contributed by atoms with E-state index >= 15 is 0 Å². The molecule has 1 N–H and O–H groups in total.